The molecule has 0 radical (unpaired) electrons. The molecule has 0 aliphatic rings. The Morgan fingerprint density at radius 1 is 0.228 bits per heavy atom. The Morgan fingerprint density at radius 3 is 1.30 bits per heavy atom. The van der Waals surface area contributed by atoms with Gasteiger partial charge in [-0.05, 0) is 111 Å². The normalized spacial score (nSPS) is 11.9. The molecule has 1 nitrogen and oxygen atoms in total. The van der Waals surface area contributed by atoms with Gasteiger partial charge in [-0.2, -0.15) is 0 Å². The van der Waals surface area contributed by atoms with Crippen LogP contribution in [0.1, 0.15) is 0 Å². The van der Waals surface area contributed by atoms with Gasteiger partial charge in [-0.3, -0.25) is 0 Å². The van der Waals surface area contributed by atoms with Gasteiger partial charge in [0.15, 0.2) is 0 Å². The molecule has 264 valence electrons. The second-order valence-electron chi connectivity index (χ2n) is 15.1. The molecule has 0 unspecified atom stereocenters. The van der Waals surface area contributed by atoms with Crippen molar-refractivity contribution in [1.29, 1.82) is 0 Å². The van der Waals surface area contributed by atoms with Crippen molar-refractivity contribution in [2.75, 3.05) is 0 Å². The van der Waals surface area contributed by atoms with Crippen molar-refractivity contribution in [1.82, 2.24) is 0 Å². The molecular formula is C56H34O. The van der Waals surface area contributed by atoms with E-state index in [4.69, 9.17) is 4.42 Å². The number of furan rings is 1. The SMILES string of the molecule is c1ccc(-c2ccc(-c3c4ccccc4c(-c4cc5c6ccccc6c(-c6cccc7c6oc6ccccc67)cc5c5ccccc45)c4ccccc34)cc2)cc1. The van der Waals surface area contributed by atoms with Gasteiger partial charge in [0.1, 0.15) is 11.2 Å². The van der Waals surface area contributed by atoms with Crippen molar-refractivity contribution >= 4 is 75.8 Å². The molecule has 11 aromatic carbocycles. The molecule has 57 heavy (non-hydrogen) atoms. The summed E-state index contributed by atoms with van der Waals surface area (Å²) in [6.45, 7) is 0. The van der Waals surface area contributed by atoms with Crippen LogP contribution in [0.25, 0.3) is 120 Å². The average molecular weight is 723 g/mol. The van der Waals surface area contributed by atoms with E-state index in [1.807, 2.05) is 6.07 Å². The van der Waals surface area contributed by atoms with E-state index in [0.717, 1.165) is 27.5 Å². The van der Waals surface area contributed by atoms with Gasteiger partial charge in [0.25, 0.3) is 0 Å². The highest BCUT2D eigenvalue weighted by molar-refractivity contribution is 6.29. The monoisotopic (exact) mass is 722 g/mol. The lowest BCUT2D eigenvalue weighted by molar-refractivity contribution is 0.670. The van der Waals surface area contributed by atoms with Crippen LogP contribution in [0.4, 0.5) is 0 Å². The molecule has 0 aliphatic heterocycles. The second-order valence-corrected chi connectivity index (χ2v) is 15.1. The van der Waals surface area contributed by atoms with E-state index in [1.165, 1.54) is 92.8 Å². The Hall–Kier alpha value is -7.48. The summed E-state index contributed by atoms with van der Waals surface area (Å²) in [7, 11) is 0. The van der Waals surface area contributed by atoms with Crippen molar-refractivity contribution in [3.63, 3.8) is 0 Å². The summed E-state index contributed by atoms with van der Waals surface area (Å²) in [4.78, 5) is 0. The van der Waals surface area contributed by atoms with Gasteiger partial charge in [0.2, 0.25) is 0 Å². The molecule has 0 fully saturated rings. The van der Waals surface area contributed by atoms with Crippen LogP contribution in [-0.4, -0.2) is 0 Å². The third kappa shape index (κ3) is 4.83. The average Bonchev–Trinajstić information content (AvgIpc) is 3.67. The fourth-order valence-electron chi connectivity index (χ4n) is 9.53. The molecule has 12 rings (SSSR count). The minimum Gasteiger partial charge on any atom is -0.455 e. The molecule has 0 saturated heterocycles. The Kier molecular flexibility index (Phi) is 7.00. The maximum atomic E-state index is 6.61. The van der Waals surface area contributed by atoms with Crippen LogP contribution < -0.4 is 0 Å². The van der Waals surface area contributed by atoms with Gasteiger partial charge >= 0.3 is 0 Å². The molecule has 12 aromatic rings. The highest BCUT2D eigenvalue weighted by Gasteiger charge is 2.21. The summed E-state index contributed by atoms with van der Waals surface area (Å²) >= 11 is 0. The van der Waals surface area contributed by atoms with Crippen molar-refractivity contribution < 1.29 is 4.42 Å². The molecule has 0 N–H and O–H groups in total. The van der Waals surface area contributed by atoms with Gasteiger partial charge in [-0.15, -0.1) is 0 Å². The van der Waals surface area contributed by atoms with Crippen molar-refractivity contribution in [3.8, 4) is 44.5 Å². The first-order chi connectivity index (χ1) is 28.3. The number of rotatable bonds is 4. The highest BCUT2D eigenvalue weighted by atomic mass is 16.3. The van der Waals surface area contributed by atoms with Gasteiger partial charge in [0, 0.05) is 16.3 Å². The van der Waals surface area contributed by atoms with E-state index >= 15 is 0 Å². The van der Waals surface area contributed by atoms with Crippen LogP contribution in [0.5, 0.6) is 0 Å². The molecule has 0 bridgehead atoms. The van der Waals surface area contributed by atoms with Crippen LogP contribution in [0, 0.1) is 0 Å². The zero-order chi connectivity index (χ0) is 37.5. The predicted molar refractivity (Wildman–Crippen MR) is 243 cm³/mol. The third-order valence-electron chi connectivity index (χ3n) is 12.1. The van der Waals surface area contributed by atoms with Crippen molar-refractivity contribution in [3.05, 3.63) is 206 Å². The number of para-hydroxylation sites is 2. The molecular weight excluding hydrogens is 689 g/mol. The third-order valence-corrected chi connectivity index (χ3v) is 12.1. The van der Waals surface area contributed by atoms with Gasteiger partial charge in [-0.25, -0.2) is 0 Å². The molecule has 0 atom stereocenters. The number of hydrogen-bond donors (Lipinski definition) is 0. The standard InChI is InChI=1S/C56H34O/c1-2-15-35(16-3-1)36-29-31-37(32-30-36)54-43-22-8-10-24-45(43)55(46-25-11-9-23-44(46)54)52-34-51-39-18-5-4-17-38(39)49(33-50(51)40-19-6-7-20-41(40)52)48-27-14-26-47-42-21-12-13-28-53(42)57-56(47)48/h1-34H. The molecule has 0 saturated carbocycles. The van der Waals surface area contributed by atoms with Crippen LogP contribution in [0.15, 0.2) is 211 Å². The van der Waals surface area contributed by atoms with Crippen LogP contribution in [0.3, 0.4) is 0 Å². The lowest BCUT2D eigenvalue weighted by Gasteiger charge is -2.20. The Morgan fingerprint density at radius 2 is 0.667 bits per heavy atom. The Bertz CT molecular complexity index is 3500. The quantitative estimate of drug-likeness (QED) is 0.130. The number of benzene rings is 11. The second kappa shape index (κ2) is 12.5. The van der Waals surface area contributed by atoms with Crippen molar-refractivity contribution in [2.45, 2.75) is 0 Å². The first kappa shape index (κ1) is 31.8. The first-order valence-corrected chi connectivity index (χ1v) is 19.7. The number of fused-ring (bicyclic) bond motifs is 10. The highest BCUT2D eigenvalue weighted by Crippen LogP contribution is 2.49. The van der Waals surface area contributed by atoms with E-state index in [2.05, 4.69) is 200 Å². The minimum absolute atomic E-state index is 0.912. The summed E-state index contributed by atoms with van der Waals surface area (Å²) in [5, 5.41) is 14.7. The van der Waals surface area contributed by atoms with E-state index in [-0.39, 0.29) is 0 Å². The van der Waals surface area contributed by atoms with E-state index in [9.17, 15) is 0 Å². The lowest BCUT2D eigenvalue weighted by Crippen LogP contribution is -1.93. The molecule has 0 aliphatic carbocycles. The fraction of sp³-hybridized carbons (Fsp3) is 0. The molecule has 0 spiro atoms. The summed E-state index contributed by atoms with van der Waals surface area (Å²) in [6, 6.07) is 75.3. The van der Waals surface area contributed by atoms with Crippen LogP contribution in [0.2, 0.25) is 0 Å². The smallest absolute Gasteiger partial charge is 0.143 e. The first-order valence-electron chi connectivity index (χ1n) is 19.7. The van der Waals surface area contributed by atoms with E-state index < -0.39 is 0 Å². The maximum Gasteiger partial charge on any atom is 0.143 e. The summed E-state index contributed by atoms with van der Waals surface area (Å²) < 4.78 is 6.61. The van der Waals surface area contributed by atoms with Crippen LogP contribution in [-0.2, 0) is 0 Å². The zero-order valence-corrected chi connectivity index (χ0v) is 31.0. The minimum atomic E-state index is 0.912. The largest absolute Gasteiger partial charge is 0.455 e. The Labute approximate surface area is 329 Å². The van der Waals surface area contributed by atoms with Gasteiger partial charge < -0.3 is 4.42 Å². The van der Waals surface area contributed by atoms with E-state index in [0.29, 0.717) is 0 Å². The summed E-state index contributed by atoms with van der Waals surface area (Å²) in [5.41, 5.74) is 11.6. The topological polar surface area (TPSA) is 13.1 Å². The van der Waals surface area contributed by atoms with E-state index in [1.54, 1.807) is 0 Å². The summed E-state index contributed by atoms with van der Waals surface area (Å²) in [5.74, 6) is 0. The molecule has 0 amide bonds. The lowest BCUT2D eigenvalue weighted by atomic mass is 9.82. The maximum absolute atomic E-state index is 6.61. The Balaban J connectivity index is 1.15. The number of hydrogen-bond acceptors (Lipinski definition) is 1. The van der Waals surface area contributed by atoms with Crippen LogP contribution >= 0.6 is 0 Å². The zero-order valence-electron chi connectivity index (χ0n) is 31.0. The molecule has 1 heterocycles. The molecule has 1 heteroatoms. The van der Waals surface area contributed by atoms with Crippen molar-refractivity contribution in [2.24, 2.45) is 0 Å². The predicted octanol–water partition coefficient (Wildman–Crippen LogP) is 16.0. The van der Waals surface area contributed by atoms with Gasteiger partial charge in [-0.1, -0.05) is 188 Å². The molecule has 1 aromatic heterocycles. The fourth-order valence-corrected chi connectivity index (χ4v) is 9.53. The van der Waals surface area contributed by atoms with Gasteiger partial charge in [0.05, 0.1) is 0 Å². The summed E-state index contributed by atoms with van der Waals surface area (Å²) in [6.07, 6.45) is 0.